The fourth-order valence-corrected chi connectivity index (χ4v) is 3.26. The maximum atomic E-state index is 11.6. The van der Waals surface area contributed by atoms with Gasteiger partial charge in [-0.25, -0.2) is 13.1 Å². The van der Waals surface area contributed by atoms with Crippen LogP contribution in [-0.2, 0) is 16.6 Å². The van der Waals surface area contributed by atoms with Gasteiger partial charge in [0.05, 0.1) is 5.25 Å². The minimum absolute atomic E-state index is 0.153. The van der Waals surface area contributed by atoms with E-state index in [4.69, 9.17) is 0 Å². The summed E-state index contributed by atoms with van der Waals surface area (Å²) >= 11 is 3.38. The molecule has 0 bridgehead atoms. The summed E-state index contributed by atoms with van der Waals surface area (Å²) in [5.74, 6) is 0. The number of aryl methyl sites for hydroxylation is 1. The first-order chi connectivity index (χ1) is 7.49. The van der Waals surface area contributed by atoms with E-state index in [1.54, 1.807) is 0 Å². The van der Waals surface area contributed by atoms with Crippen LogP contribution in [0.1, 0.15) is 24.0 Å². The Morgan fingerprint density at radius 2 is 2.12 bits per heavy atom. The van der Waals surface area contributed by atoms with Crippen LogP contribution in [0, 0.1) is 6.92 Å². The van der Waals surface area contributed by atoms with E-state index < -0.39 is 10.0 Å². The topological polar surface area (TPSA) is 46.2 Å². The number of hydrogen-bond acceptors (Lipinski definition) is 2. The molecule has 0 heterocycles. The van der Waals surface area contributed by atoms with Crippen LogP contribution in [0.25, 0.3) is 0 Å². The molecular formula is C11H14BrNO2S. The molecule has 3 nitrogen and oxygen atoms in total. The molecule has 0 saturated heterocycles. The summed E-state index contributed by atoms with van der Waals surface area (Å²) < 4.78 is 26.9. The number of benzene rings is 1. The lowest BCUT2D eigenvalue weighted by Gasteiger charge is -2.08. The molecule has 5 heteroatoms. The number of hydrogen-bond donors (Lipinski definition) is 1. The Bertz CT molecular complexity index is 495. The van der Waals surface area contributed by atoms with Crippen molar-refractivity contribution in [3.05, 3.63) is 33.8 Å². The Hall–Kier alpha value is -0.390. The highest BCUT2D eigenvalue weighted by Gasteiger charge is 2.35. The van der Waals surface area contributed by atoms with E-state index in [-0.39, 0.29) is 5.25 Å². The smallest absolute Gasteiger partial charge is 0.212 e. The molecule has 0 aromatic heterocycles. The molecule has 88 valence electrons. The van der Waals surface area contributed by atoms with Crippen LogP contribution in [0.15, 0.2) is 22.7 Å². The van der Waals surface area contributed by atoms with E-state index in [1.165, 1.54) is 0 Å². The van der Waals surface area contributed by atoms with Gasteiger partial charge in [-0.1, -0.05) is 22.0 Å². The summed E-state index contributed by atoms with van der Waals surface area (Å²) in [5, 5.41) is -0.153. The van der Waals surface area contributed by atoms with Crippen molar-refractivity contribution >= 4 is 26.0 Å². The molecule has 1 aliphatic rings. The lowest BCUT2D eigenvalue weighted by atomic mass is 10.1. The highest BCUT2D eigenvalue weighted by atomic mass is 79.9. The first kappa shape index (κ1) is 12.1. The Morgan fingerprint density at radius 3 is 2.75 bits per heavy atom. The second-order valence-corrected chi connectivity index (χ2v) is 7.10. The molecular weight excluding hydrogens is 290 g/mol. The van der Waals surface area contributed by atoms with Gasteiger partial charge in [0.15, 0.2) is 0 Å². The zero-order valence-electron chi connectivity index (χ0n) is 9.03. The Morgan fingerprint density at radius 1 is 1.44 bits per heavy atom. The molecule has 1 aromatic rings. The van der Waals surface area contributed by atoms with E-state index >= 15 is 0 Å². The molecule has 1 aromatic carbocycles. The summed E-state index contributed by atoms with van der Waals surface area (Å²) in [4.78, 5) is 0. The van der Waals surface area contributed by atoms with Gasteiger partial charge in [-0.15, -0.1) is 0 Å². The van der Waals surface area contributed by atoms with Gasteiger partial charge in [0.25, 0.3) is 0 Å². The van der Waals surface area contributed by atoms with Crippen LogP contribution in [0.2, 0.25) is 0 Å². The number of nitrogens with one attached hydrogen (secondary N) is 1. The minimum atomic E-state index is -3.08. The first-order valence-electron chi connectivity index (χ1n) is 5.22. The molecule has 0 spiro atoms. The summed E-state index contributed by atoms with van der Waals surface area (Å²) in [5.41, 5.74) is 2.11. The average molecular weight is 304 g/mol. The second kappa shape index (κ2) is 4.47. The number of halogens is 1. The van der Waals surface area contributed by atoms with Crippen molar-refractivity contribution in [1.29, 1.82) is 0 Å². The van der Waals surface area contributed by atoms with E-state index in [9.17, 15) is 8.42 Å². The molecule has 1 saturated carbocycles. The van der Waals surface area contributed by atoms with E-state index in [2.05, 4.69) is 20.7 Å². The Labute approximate surface area is 104 Å². The molecule has 0 aliphatic heterocycles. The molecule has 1 fully saturated rings. The van der Waals surface area contributed by atoms with Crippen LogP contribution >= 0.6 is 15.9 Å². The molecule has 0 radical (unpaired) electrons. The van der Waals surface area contributed by atoms with Gasteiger partial charge in [0.2, 0.25) is 10.0 Å². The quantitative estimate of drug-likeness (QED) is 0.928. The Balaban J connectivity index is 2.07. The number of rotatable bonds is 4. The molecule has 0 amide bonds. The SMILES string of the molecule is Cc1ccc(Br)cc1CNS(=O)(=O)C1CC1. The van der Waals surface area contributed by atoms with Gasteiger partial charge in [0, 0.05) is 11.0 Å². The van der Waals surface area contributed by atoms with Crippen molar-refractivity contribution in [3.8, 4) is 0 Å². The summed E-state index contributed by atoms with van der Waals surface area (Å²) in [6, 6.07) is 5.88. The van der Waals surface area contributed by atoms with E-state index in [0.717, 1.165) is 28.4 Å². The highest BCUT2D eigenvalue weighted by molar-refractivity contribution is 9.10. The summed E-state index contributed by atoms with van der Waals surface area (Å²) in [6.07, 6.45) is 1.60. The van der Waals surface area contributed by atoms with Crippen LogP contribution in [0.5, 0.6) is 0 Å². The fraction of sp³-hybridized carbons (Fsp3) is 0.455. The molecule has 0 unspecified atom stereocenters. The maximum Gasteiger partial charge on any atom is 0.214 e. The van der Waals surface area contributed by atoms with Crippen LogP contribution in [0.3, 0.4) is 0 Å². The standard InChI is InChI=1S/C11H14BrNO2S/c1-8-2-3-10(12)6-9(8)7-13-16(14,15)11-4-5-11/h2-3,6,11,13H,4-5,7H2,1H3. The van der Waals surface area contributed by atoms with Crippen molar-refractivity contribution < 1.29 is 8.42 Å². The van der Waals surface area contributed by atoms with Crippen molar-refractivity contribution in [2.24, 2.45) is 0 Å². The Kier molecular flexibility index (Phi) is 3.37. The van der Waals surface area contributed by atoms with Crippen LogP contribution in [-0.4, -0.2) is 13.7 Å². The molecule has 2 rings (SSSR count). The van der Waals surface area contributed by atoms with Gasteiger partial charge in [-0.3, -0.25) is 0 Å². The fourth-order valence-electron chi connectivity index (χ4n) is 1.51. The molecule has 0 atom stereocenters. The van der Waals surface area contributed by atoms with Crippen LogP contribution in [0.4, 0.5) is 0 Å². The van der Waals surface area contributed by atoms with Crippen molar-refractivity contribution in [1.82, 2.24) is 4.72 Å². The lowest BCUT2D eigenvalue weighted by molar-refractivity contribution is 0.580. The maximum absolute atomic E-state index is 11.6. The molecule has 1 N–H and O–H groups in total. The van der Waals surface area contributed by atoms with Crippen molar-refractivity contribution in [2.75, 3.05) is 0 Å². The van der Waals surface area contributed by atoms with Gasteiger partial charge in [-0.2, -0.15) is 0 Å². The zero-order chi connectivity index (χ0) is 11.8. The monoisotopic (exact) mass is 303 g/mol. The zero-order valence-corrected chi connectivity index (χ0v) is 11.4. The molecule has 16 heavy (non-hydrogen) atoms. The second-order valence-electron chi connectivity index (χ2n) is 4.14. The largest absolute Gasteiger partial charge is 0.214 e. The highest BCUT2D eigenvalue weighted by Crippen LogP contribution is 2.27. The van der Waals surface area contributed by atoms with Crippen molar-refractivity contribution in [2.45, 2.75) is 31.6 Å². The predicted octanol–water partition coefficient (Wildman–Crippen LogP) is 2.34. The van der Waals surface area contributed by atoms with E-state index in [0.29, 0.717) is 6.54 Å². The summed E-state index contributed by atoms with van der Waals surface area (Å²) in [7, 11) is -3.08. The van der Waals surface area contributed by atoms with Gasteiger partial charge < -0.3 is 0 Å². The van der Waals surface area contributed by atoms with Gasteiger partial charge in [0.1, 0.15) is 0 Å². The van der Waals surface area contributed by atoms with Crippen molar-refractivity contribution in [3.63, 3.8) is 0 Å². The van der Waals surface area contributed by atoms with Gasteiger partial charge >= 0.3 is 0 Å². The van der Waals surface area contributed by atoms with Gasteiger partial charge in [-0.05, 0) is 43.0 Å². The summed E-state index contributed by atoms with van der Waals surface area (Å²) in [6.45, 7) is 2.36. The minimum Gasteiger partial charge on any atom is -0.212 e. The average Bonchev–Trinajstić information content (AvgIpc) is 3.03. The lowest BCUT2D eigenvalue weighted by Crippen LogP contribution is -2.26. The predicted molar refractivity (Wildman–Crippen MR) is 67.7 cm³/mol. The third-order valence-electron chi connectivity index (χ3n) is 2.74. The first-order valence-corrected chi connectivity index (χ1v) is 7.56. The number of sulfonamides is 1. The normalized spacial score (nSPS) is 16.4. The third kappa shape index (κ3) is 2.84. The van der Waals surface area contributed by atoms with E-state index in [1.807, 2.05) is 25.1 Å². The van der Waals surface area contributed by atoms with Crippen LogP contribution < -0.4 is 4.72 Å². The third-order valence-corrected chi connectivity index (χ3v) is 5.13. The molecule has 1 aliphatic carbocycles.